The van der Waals surface area contributed by atoms with E-state index in [1.165, 1.54) is 24.8 Å². The number of benzene rings is 2. The van der Waals surface area contributed by atoms with Gasteiger partial charge >= 0.3 is 5.97 Å². The smallest absolute Gasteiger partial charge is 0.335 e. The fourth-order valence-electron chi connectivity index (χ4n) is 2.72. The monoisotopic (exact) mass is 355 g/mol. The number of aromatic carboxylic acids is 1. The van der Waals surface area contributed by atoms with E-state index < -0.39 is 11.6 Å². The standard InChI is InChI=1S/C20H21NO5/c1-13-4-6-14(7-5-13)16-11-20(2,26-21-16)12-25-18-10-15(19(22)23)8-9-17(18)24-3/h4-10H,11-12H2,1-3H3,(H,22,23). The maximum atomic E-state index is 11.2. The van der Waals surface area contributed by atoms with E-state index in [0.29, 0.717) is 17.9 Å². The van der Waals surface area contributed by atoms with Crippen molar-refractivity contribution in [1.29, 1.82) is 0 Å². The summed E-state index contributed by atoms with van der Waals surface area (Å²) in [5.41, 5.74) is 2.57. The molecule has 0 spiro atoms. The average Bonchev–Trinajstić information content (AvgIpc) is 3.03. The zero-order valence-corrected chi connectivity index (χ0v) is 15.0. The first-order valence-electron chi connectivity index (χ1n) is 8.26. The molecule has 0 amide bonds. The van der Waals surface area contributed by atoms with Crippen LogP contribution in [0.3, 0.4) is 0 Å². The van der Waals surface area contributed by atoms with Crippen LogP contribution in [0, 0.1) is 6.92 Å². The van der Waals surface area contributed by atoms with Gasteiger partial charge in [-0.15, -0.1) is 0 Å². The largest absolute Gasteiger partial charge is 0.493 e. The third-order valence-electron chi connectivity index (χ3n) is 4.25. The van der Waals surface area contributed by atoms with Gasteiger partial charge in [-0.1, -0.05) is 35.0 Å². The van der Waals surface area contributed by atoms with Gasteiger partial charge in [-0.3, -0.25) is 0 Å². The van der Waals surface area contributed by atoms with E-state index in [1.807, 2.05) is 38.1 Å². The third-order valence-corrected chi connectivity index (χ3v) is 4.25. The second kappa shape index (κ2) is 7.07. The molecule has 0 fully saturated rings. The van der Waals surface area contributed by atoms with Crippen LogP contribution >= 0.6 is 0 Å². The number of methoxy groups -OCH3 is 1. The summed E-state index contributed by atoms with van der Waals surface area (Å²) in [6.07, 6.45) is 0.594. The number of rotatable bonds is 6. The number of nitrogens with zero attached hydrogens (tertiary/aromatic N) is 1. The Labute approximate surface area is 152 Å². The van der Waals surface area contributed by atoms with Crippen molar-refractivity contribution >= 4 is 11.7 Å². The van der Waals surface area contributed by atoms with Crippen LogP contribution in [0.15, 0.2) is 47.6 Å². The highest BCUT2D eigenvalue weighted by atomic mass is 16.7. The van der Waals surface area contributed by atoms with Crippen molar-refractivity contribution in [2.45, 2.75) is 25.9 Å². The van der Waals surface area contributed by atoms with Gasteiger partial charge in [0.15, 0.2) is 17.1 Å². The molecule has 1 N–H and O–H groups in total. The molecule has 6 heteroatoms. The molecule has 0 saturated carbocycles. The zero-order valence-electron chi connectivity index (χ0n) is 15.0. The van der Waals surface area contributed by atoms with Gasteiger partial charge in [0.2, 0.25) is 0 Å². The highest BCUT2D eigenvalue weighted by Gasteiger charge is 2.36. The minimum atomic E-state index is -1.02. The van der Waals surface area contributed by atoms with Gasteiger partial charge in [0.25, 0.3) is 0 Å². The summed E-state index contributed by atoms with van der Waals surface area (Å²) in [4.78, 5) is 16.8. The van der Waals surface area contributed by atoms with Crippen LogP contribution in [-0.2, 0) is 4.84 Å². The first-order valence-corrected chi connectivity index (χ1v) is 8.26. The maximum absolute atomic E-state index is 11.2. The Hall–Kier alpha value is -3.02. The third kappa shape index (κ3) is 3.79. The number of carboxylic acid groups (broad SMARTS) is 1. The van der Waals surface area contributed by atoms with Gasteiger partial charge in [-0.25, -0.2) is 4.79 Å². The van der Waals surface area contributed by atoms with E-state index >= 15 is 0 Å². The summed E-state index contributed by atoms with van der Waals surface area (Å²) in [5.74, 6) is -0.192. The molecular formula is C20H21NO5. The lowest BCUT2D eigenvalue weighted by Gasteiger charge is -2.22. The van der Waals surface area contributed by atoms with E-state index in [2.05, 4.69) is 5.16 Å². The number of carboxylic acids is 1. The van der Waals surface area contributed by atoms with Crippen LogP contribution in [0.4, 0.5) is 0 Å². The molecule has 3 rings (SSSR count). The molecule has 0 radical (unpaired) electrons. The SMILES string of the molecule is COc1ccc(C(=O)O)cc1OCC1(C)CC(c2ccc(C)cc2)=NO1. The Morgan fingerprint density at radius 1 is 1.23 bits per heavy atom. The molecule has 1 unspecified atom stereocenters. The van der Waals surface area contributed by atoms with Gasteiger partial charge in [-0.2, -0.15) is 0 Å². The molecule has 136 valence electrons. The first kappa shape index (κ1) is 17.8. The van der Waals surface area contributed by atoms with Crippen molar-refractivity contribution < 1.29 is 24.2 Å². The highest BCUT2D eigenvalue weighted by Crippen LogP contribution is 2.32. The Bertz CT molecular complexity index is 844. The Balaban J connectivity index is 1.69. The maximum Gasteiger partial charge on any atom is 0.335 e. The second-order valence-electron chi connectivity index (χ2n) is 6.58. The second-order valence-corrected chi connectivity index (χ2v) is 6.58. The van der Waals surface area contributed by atoms with Crippen molar-refractivity contribution in [3.05, 3.63) is 59.2 Å². The van der Waals surface area contributed by atoms with Crippen LogP contribution in [0.2, 0.25) is 0 Å². The number of carbonyl (C=O) groups is 1. The molecule has 1 heterocycles. The van der Waals surface area contributed by atoms with Crippen LogP contribution in [0.5, 0.6) is 11.5 Å². The van der Waals surface area contributed by atoms with Crippen LogP contribution < -0.4 is 9.47 Å². The molecule has 1 atom stereocenters. The normalized spacial score (nSPS) is 18.8. The summed E-state index contributed by atoms with van der Waals surface area (Å²) >= 11 is 0. The molecular weight excluding hydrogens is 334 g/mol. The van der Waals surface area contributed by atoms with E-state index in [9.17, 15) is 4.79 Å². The minimum Gasteiger partial charge on any atom is -0.493 e. The molecule has 0 aliphatic carbocycles. The summed E-state index contributed by atoms with van der Waals surface area (Å²) in [6, 6.07) is 12.6. The lowest BCUT2D eigenvalue weighted by Crippen LogP contribution is -2.33. The molecule has 26 heavy (non-hydrogen) atoms. The Morgan fingerprint density at radius 3 is 2.62 bits per heavy atom. The van der Waals surface area contributed by atoms with Gasteiger partial charge in [0.1, 0.15) is 6.61 Å². The fourth-order valence-corrected chi connectivity index (χ4v) is 2.72. The predicted octanol–water partition coefficient (Wildman–Crippen LogP) is 3.66. The average molecular weight is 355 g/mol. The number of ether oxygens (including phenoxy) is 2. The van der Waals surface area contributed by atoms with Crippen molar-refractivity contribution in [1.82, 2.24) is 0 Å². The molecule has 2 aromatic carbocycles. The molecule has 1 aliphatic rings. The van der Waals surface area contributed by atoms with E-state index in [-0.39, 0.29) is 12.2 Å². The van der Waals surface area contributed by atoms with E-state index in [4.69, 9.17) is 19.4 Å². The van der Waals surface area contributed by atoms with Crippen molar-refractivity contribution in [3.63, 3.8) is 0 Å². The van der Waals surface area contributed by atoms with Gasteiger partial charge in [-0.05, 0) is 37.6 Å². The predicted molar refractivity (Wildman–Crippen MR) is 97.3 cm³/mol. The lowest BCUT2D eigenvalue weighted by atomic mass is 9.96. The Kier molecular flexibility index (Phi) is 4.84. The summed E-state index contributed by atoms with van der Waals surface area (Å²) in [5, 5.41) is 13.3. The van der Waals surface area contributed by atoms with Gasteiger partial charge in [0.05, 0.1) is 18.4 Å². The van der Waals surface area contributed by atoms with Crippen LogP contribution in [0.25, 0.3) is 0 Å². The first-order chi connectivity index (χ1) is 12.4. The van der Waals surface area contributed by atoms with Gasteiger partial charge in [0, 0.05) is 6.42 Å². The number of oxime groups is 1. The number of hydrogen-bond donors (Lipinski definition) is 1. The number of aryl methyl sites for hydroxylation is 1. The number of hydrogen-bond acceptors (Lipinski definition) is 5. The quantitative estimate of drug-likeness (QED) is 0.855. The Morgan fingerprint density at radius 2 is 1.96 bits per heavy atom. The van der Waals surface area contributed by atoms with Crippen molar-refractivity contribution in [2.75, 3.05) is 13.7 Å². The molecule has 6 nitrogen and oxygen atoms in total. The van der Waals surface area contributed by atoms with E-state index in [0.717, 1.165) is 11.3 Å². The van der Waals surface area contributed by atoms with Crippen LogP contribution in [0.1, 0.15) is 34.8 Å². The van der Waals surface area contributed by atoms with Crippen molar-refractivity contribution in [3.8, 4) is 11.5 Å². The van der Waals surface area contributed by atoms with Gasteiger partial charge < -0.3 is 19.4 Å². The summed E-state index contributed by atoms with van der Waals surface area (Å²) in [6.45, 7) is 4.16. The van der Waals surface area contributed by atoms with E-state index in [1.54, 1.807) is 6.07 Å². The zero-order chi connectivity index (χ0) is 18.7. The molecule has 0 bridgehead atoms. The summed E-state index contributed by atoms with van der Waals surface area (Å²) in [7, 11) is 1.51. The highest BCUT2D eigenvalue weighted by molar-refractivity contribution is 6.01. The molecule has 1 aliphatic heterocycles. The fraction of sp³-hybridized carbons (Fsp3) is 0.300. The molecule has 0 saturated heterocycles. The van der Waals surface area contributed by atoms with Crippen molar-refractivity contribution in [2.24, 2.45) is 5.16 Å². The molecule has 2 aromatic rings. The topological polar surface area (TPSA) is 77.4 Å². The summed E-state index contributed by atoms with van der Waals surface area (Å²) < 4.78 is 11.1. The minimum absolute atomic E-state index is 0.134. The lowest BCUT2D eigenvalue weighted by molar-refractivity contribution is -0.0361. The molecule has 0 aromatic heterocycles. The van der Waals surface area contributed by atoms with Crippen LogP contribution in [-0.4, -0.2) is 36.1 Å².